The maximum Gasteiger partial charge on any atom is 0.321 e. The zero-order chi connectivity index (χ0) is 16.1. The molecule has 0 saturated carbocycles. The number of carbonyl (C=O) groups is 1. The van der Waals surface area contributed by atoms with Crippen molar-refractivity contribution < 1.29 is 9.53 Å². The Hall–Kier alpha value is -3.21. The van der Waals surface area contributed by atoms with E-state index in [1.807, 2.05) is 31.2 Å². The molecule has 0 unspecified atom stereocenters. The molecule has 0 aliphatic rings. The molecule has 1 amide bonds. The fourth-order valence-electron chi connectivity index (χ4n) is 2.07. The van der Waals surface area contributed by atoms with Crippen LogP contribution in [0, 0.1) is 6.92 Å². The van der Waals surface area contributed by atoms with E-state index in [0.29, 0.717) is 11.3 Å². The number of carbonyl (C=O) groups excluding carboxylic acids is 1. The topological polar surface area (TPSA) is 64.1 Å². The molecule has 114 valence electrons. The van der Waals surface area contributed by atoms with Crippen LogP contribution in [0.4, 0.5) is 5.69 Å². The van der Waals surface area contributed by atoms with Gasteiger partial charge in [0.2, 0.25) is 0 Å². The lowest BCUT2D eigenvalue weighted by molar-refractivity contribution is 0.102. The lowest BCUT2D eigenvalue weighted by atomic mass is 10.2. The third kappa shape index (κ3) is 3.91. The smallest absolute Gasteiger partial charge is 0.321 e. The molecule has 0 radical (unpaired) electrons. The second-order valence-corrected chi connectivity index (χ2v) is 4.98. The summed E-state index contributed by atoms with van der Waals surface area (Å²) >= 11 is 0. The summed E-state index contributed by atoms with van der Waals surface area (Å²) < 4.78 is 5.54. The first-order chi connectivity index (χ1) is 11.2. The average molecular weight is 305 g/mol. The minimum Gasteiger partial charge on any atom is -0.424 e. The predicted octanol–water partition coefficient (Wildman–Crippen LogP) is 3.83. The van der Waals surface area contributed by atoms with E-state index in [1.54, 1.807) is 42.7 Å². The minimum absolute atomic E-state index is 0.199. The lowest BCUT2D eigenvalue weighted by Crippen LogP contribution is -2.11. The second-order valence-electron chi connectivity index (χ2n) is 4.98. The van der Waals surface area contributed by atoms with Crippen LogP contribution in [-0.4, -0.2) is 15.9 Å². The first-order valence-electron chi connectivity index (χ1n) is 7.14. The molecule has 1 aromatic heterocycles. The van der Waals surface area contributed by atoms with Crippen molar-refractivity contribution in [1.29, 1.82) is 0 Å². The molecule has 23 heavy (non-hydrogen) atoms. The number of hydrogen-bond acceptors (Lipinski definition) is 4. The van der Waals surface area contributed by atoms with Crippen LogP contribution >= 0.6 is 0 Å². The molecule has 0 bridgehead atoms. The van der Waals surface area contributed by atoms with E-state index in [1.165, 1.54) is 0 Å². The highest BCUT2D eigenvalue weighted by molar-refractivity contribution is 6.04. The Morgan fingerprint density at radius 2 is 1.78 bits per heavy atom. The molecule has 0 spiro atoms. The van der Waals surface area contributed by atoms with Crippen LogP contribution in [0.3, 0.4) is 0 Å². The van der Waals surface area contributed by atoms with Crippen LogP contribution in [0.25, 0.3) is 0 Å². The lowest BCUT2D eigenvalue weighted by Gasteiger charge is -2.08. The van der Waals surface area contributed by atoms with E-state index < -0.39 is 0 Å². The number of nitrogens with zero attached hydrogens (tertiary/aromatic N) is 2. The van der Waals surface area contributed by atoms with Crippen molar-refractivity contribution in [2.24, 2.45) is 0 Å². The van der Waals surface area contributed by atoms with Crippen LogP contribution in [0.15, 0.2) is 67.0 Å². The van der Waals surface area contributed by atoms with E-state index in [4.69, 9.17) is 4.74 Å². The van der Waals surface area contributed by atoms with E-state index in [2.05, 4.69) is 15.3 Å². The summed E-state index contributed by atoms with van der Waals surface area (Å²) in [5.41, 5.74) is 2.34. The van der Waals surface area contributed by atoms with E-state index in [9.17, 15) is 4.79 Å². The highest BCUT2D eigenvalue weighted by atomic mass is 16.5. The van der Waals surface area contributed by atoms with Gasteiger partial charge in [-0.1, -0.05) is 18.2 Å². The Morgan fingerprint density at radius 1 is 1.00 bits per heavy atom. The van der Waals surface area contributed by atoms with E-state index in [0.717, 1.165) is 11.3 Å². The molecule has 0 fully saturated rings. The Balaban J connectivity index is 1.75. The van der Waals surface area contributed by atoms with Gasteiger partial charge < -0.3 is 10.1 Å². The molecule has 0 atom stereocenters. The van der Waals surface area contributed by atoms with Gasteiger partial charge in [-0.15, -0.1) is 0 Å². The number of aromatic nitrogens is 2. The molecule has 1 N–H and O–H groups in total. The van der Waals surface area contributed by atoms with Gasteiger partial charge >= 0.3 is 6.01 Å². The Morgan fingerprint density at radius 3 is 2.57 bits per heavy atom. The minimum atomic E-state index is -0.199. The summed E-state index contributed by atoms with van der Waals surface area (Å²) in [7, 11) is 0. The first-order valence-corrected chi connectivity index (χ1v) is 7.14. The zero-order valence-electron chi connectivity index (χ0n) is 12.6. The van der Waals surface area contributed by atoms with Gasteiger partial charge in [-0.25, -0.2) is 9.97 Å². The molecule has 5 heteroatoms. The van der Waals surface area contributed by atoms with Gasteiger partial charge in [0.25, 0.3) is 5.91 Å². The van der Waals surface area contributed by atoms with Crippen molar-refractivity contribution in [3.8, 4) is 11.8 Å². The third-order valence-electron chi connectivity index (χ3n) is 3.12. The molecule has 1 heterocycles. The molecule has 0 saturated heterocycles. The largest absolute Gasteiger partial charge is 0.424 e. The van der Waals surface area contributed by atoms with Gasteiger partial charge in [0.1, 0.15) is 5.75 Å². The summed E-state index contributed by atoms with van der Waals surface area (Å²) in [6, 6.07) is 16.5. The zero-order valence-corrected chi connectivity index (χ0v) is 12.6. The molecule has 3 aromatic rings. The number of hydrogen-bond donors (Lipinski definition) is 1. The van der Waals surface area contributed by atoms with Crippen molar-refractivity contribution >= 4 is 11.6 Å². The van der Waals surface area contributed by atoms with Gasteiger partial charge in [-0.3, -0.25) is 4.79 Å². The SMILES string of the molecule is Cc1cccc(NC(=O)c2cccc(Oc3ncccn3)c2)c1. The molecular weight excluding hydrogens is 290 g/mol. The number of anilines is 1. The number of amides is 1. The van der Waals surface area contributed by atoms with Crippen LogP contribution in [0.5, 0.6) is 11.8 Å². The van der Waals surface area contributed by atoms with E-state index >= 15 is 0 Å². The maximum absolute atomic E-state index is 12.3. The van der Waals surface area contributed by atoms with Crippen molar-refractivity contribution in [2.75, 3.05) is 5.32 Å². The van der Waals surface area contributed by atoms with E-state index in [-0.39, 0.29) is 11.9 Å². The molecule has 0 aliphatic heterocycles. The number of ether oxygens (including phenoxy) is 1. The summed E-state index contributed by atoms with van der Waals surface area (Å²) in [5, 5.41) is 2.86. The number of benzene rings is 2. The van der Waals surface area contributed by atoms with Crippen LogP contribution in [-0.2, 0) is 0 Å². The van der Waals surface area contributed by atoms with Crippen molar-refractivity contribution in [2.45, 2.75) is 6.92 Å². The highest BCUT2D eigenvalue weighted by Crippen LogP contribution is 2.19. The molecule has 5 nitrogen and oxygen atoms in total. The fraction of sp³-hybridized carbons (Fsp3) is 0.0556. The van der Waals surface area contributed by atoms with Gasteiger partial charge in [0.15, 0.2) is 0 Å². The van der Waals surface area contributed by atoms with Crippen LogP contribution in [0.1, 0.15) is 15.9 Å². The van der Waals surface area contributed by atoms with Gasteiger partial charge in [-0.2, -0.15) is 0 Å². The maximum atomic E-state index is 12.3. The third-order valence-corrected chi connectivity index (χ3v) is 3.12. The van der Waals surface area contributed by atoms with Gasteiger partial charge in [-0.05, 0) is 48.9 Å². The quantitative estimate of drug-likeness (QED) is 0.795. The highest BCUT2D eigenvalue weighted by Gasteiger charge is 2.08. The monoisotopic (exact) mass is 305 g/mol. The Labute approximate surface area is 134 Å². The Bertz CT molecular complexity index is 819. The summed E-state index contributed by atoms with van der Waals surface area (Å²) in [5.74, 6) is 0.308. The normalized spacial score (nSPS) is 10.1. The van der Waals surface area contributed by atoms with Crippen molar-refractivity contribution in [3.63, 3.8) is 0 Å². The first kappa shape index (κ1) is 14.7. The fourth-order valence-corrected chi connectivity index (χ4v) is 2.07. The summed E-state index contributed by atoms with van der Waals surface area (Å²) in [6.07, 6.45) is 3.19. The van der Waals surface area contributed by atoms with Gasteiger partial charge in [0.05, 0.1) is 0 Å². The number of rotatable bonds is 4. The Kier molecular flexibility index (Phi) is 4.29. The molecule has 3 rings (SSSR count). The summed E-state index contributed by atoms with van der Waals surface area (Å²) in [6.45, 7) is 1.98. The predicted molar refractivity (Wildman–Crippen MR) is 87.7 cm³/mol. The molecule has 0 aliphatic carbocycles. The second kappa shape index (κ2) is 6.70. The van der Waals surface area contributed by atoms with Crippen LogP contribution < -0.4 is 10.1 Å². The molecule has 2 aromatic carbocycles. The summed E-state index contributed by atoms with van der Waals surface area (Å²) in [4.78, 5) is 20.3. The molecular formula is C18H15N3O2. The van der Waals surface area contributed by atoms with Gasteiger partial charge in [0, 0.05) is 23.6 Å². The standard InChI is InChI=1S/C18H15N3O2/c1-13-5-2-7-15(11-13)21-17(22)14-6-3-8-16(12-14)23-18-19-9-4-10-20-18/h2-12H,1H3,(H,21,22). The number of aryl methyl sites for hydroxylation is 1. The van der Waals surface area contributed by atoms with Crippen molar-refractivity contribution in [1.82, 2.24) is 9.97 Å². The number of nitrogens with one attached hydrogen (secondary N) is 1. The van der Waals surface area contributed by atoms with Crippen molar-refractivity contribution in [3.05, 3.63) is 78.1 Å². The average Bonchev–Trinajstić information content (AvgIpc) is 2.56. The van der Waals surface area contributed by atoms with Crippen LogP contribution in [0.2, 0.25) is 0 Å².